The number of fused-ring (bicyclic) bond motifs is 1. The SMILES string of the molecule is C[C@@H]1CCCC[C@H]1CCNC(=O)c1ccc(/C=C2/Sc3ccccc3N(Cc3cccc(Cl)c3)C2=O)cc1. The smallest absolute Gasteiger partial charge is 0.265 e. The van der Waals surface area contributed by atoms with Crippen molar-refractivity contribution in [1.82, 2.24) is 5.32 Å². The maximum Gasteiger partial charge on any atom is 0.265 e. The van der Waals surface area contributed by atoms with Crippen LogP contribution in [-0.2, 0) is 11.3 Å². The number of nitrogens with one attached hydrogen (secondary N) is 1. The molecule has 1 heterocycles. The van der Waals surface area contributed by atoms with Gasteiger partial charge in [-0.2, -0.15) is 0 Å². The predicted octanol–water partition coefficient (Wildman–Crippen LogP) is 7.97. The first-order valence-electron chi connectivity index (χ1n) is 13.4. The minimum Gasteiger partial charge on any atom is -0.352 e. The van der Waals surface area contributed by atoms with Gasteiger partial charge >= 0.3 is 0 Å². The molecule has 1 saturated carbocycles. The lowest BCUT2D eigenvalue weighted by atomic mass is 9.79. The van der Waals surface area contributed by atoms with Crippen LogP contribution in [0.1, 0.15) is 60.5 Å². The van der Waals surface area contributed by atoms with Crippen molar-refractivity contribution in [3.63, 3.8) is 0 Å². The normalized spacial score (nSPS) is 20.3. The summed E-state index contributed by atoms with van der Waals surface area (Å²) in [4.78, 5) is 29.7. The van der Waals surface area contributed by atoms with Gasteiger partial charge in [0.1, 0.15) is 0 Å². The zero-order valence-corrected chi connectivity index (χ0v) is 23.2. The molecule has 3 aromatic carbocycles. The second kappa shape index (κ2) is 12.2. The van der Waals surface area contributed by atoms with Crippen LogP contribution < -0.4 is 10.2 Å². The number of carbonyl (C=O) groups is 2. The van der Waals surface area contributed by atoms with E-state index in [2.05, 4.69) is 12.2 Å². The summed E-state index contributed by atoms with van der Waals surface area (Å²) in [6.07, 6.45) is 8.18. The molecule has 2 amide bonds. The molecule has 0 bridgehead atoms. The molecule has 4 nitrogen and oxygen atoms in total. The highest BCUT2D eigenvalue weighted by Gasteiger charge is 2.29. The number of benzene rings is 3. The zero-order chi connectivity index (χ0) is 26.5. The van der Waals surface area contributed by atoms with E-state index in [-0.39, 0.29) is 11.8 Å². The molecule has 38 heavy (non-hydrogen) atoms. The zero-order valence-electron chi connectivity index (χ0n) is 21.7. The molecular formula is C32H33ClN2O2S. The van der Waals surface area contributed by atoms with Crippen LogP contribution in [-0.4, -0.2) is 18.4 Å². The summed E-state index contributed by atoms with van der Waals surface area (Å²) in [6.45, 7) is 3.49. The van der Waals surface area contributed by atoms with E-state index in [0.717, 1.165) is 34.0 Å². The Morgan fingerprint density at radius 2 is 1.84 bits per heavy atom. The summed E-state index contributed by atoms with van der Waals surface area (Å²) in [5, 5.41) is 3.74. The number of hydrogen-bond donors (Lipinski definition) is 1. The van der Waals surface area contributed by atoms with Crippen molar-refractivity contribution in [2.75, 3.05) is 11.4 Å². The van der Waals surface area contributed by atoms with Crippen LogP contribution in [0.2, 0.25) is 5.02 Å². The van der Waals surface area contributed by atoms with Crippen LogP contribution in [0, 0.1) is 11.8 Å². The number of para-hydroxylation sites is 1. The fourth-order valence-electron chi connectivity index (χ4n) is 5.41. The minimum atomic E-state index is -0.0487. The van der Waals surface area contributed by atoms with Crippen LogP contribution in [0.25, 0.3) is 6.08 Å². The Balaban J connectivity index is 1.27. The third-order valence-electron chi connectivity index (χ3n) is 7.62. The maximum absolute atomic E-state index is 13.6. The molecule has 2 aliphatic rings. The highest BCUT2D eigenvalue weighted by Crippen LogP contribution is 2.42. The van der Waals surface area contributed by atoms with Crippen molar-refractivity contribution in [1.29, 1.82) is 0 Å². The van der Waals surface area contributed by atoms with Gasteiger partial charge in [0.05, 0.1) is 17.1 Å². The Morgan fingerprint density at radius 3 is 2.63 bits per heavy atom. The number of halogens is 1. The lowest BCUT2D eigenvalue weighted by molar-refractivity contribution is -0.114. The van der Waals surface area contributed by atoms with Crippen molar-refractivity contribution in [2.24, 2.45) is 11.8 Å². The van der Waals surface area contributed by atoms with Gasteiger partial charge in [-0.15, -0.1) is 0 Å². The largest absolute Gasteiger partial charge is 0.352 e. The van der Waals surface area contributed by atoms with Crippen molar-refractivity contribution >= 4 is 46.9 Å². The van der Waals surface area contributed by atoms with Gasteiger partial charge in [0.15, 0.2) is 0 Å². The van der Waals surface area contributed by atoms with Gasteiger partial charge in [-0.3, -0.25) is 9.59 Å². The summed E-state index contributed by atoms with van der Waals surface area (Å²) in [6, 6.07) is 23.0. The van der Waals surface area contributed by atoms with Gasteiger partial charge in [0, 0.05) is 22.0 Å². The molecule has 1 aliphatic heterocycles. The van der Waals surface area contributed by atoms with E-state index < -0.39 is 0 Å². The number of anilines is 1. The van der Waals surface area contributed by atoms with E-state index in [1.54, 1.807) is 4.90 Å². The molecule has 0 aromatic heterocycles. The second-order valence-corrected chi connectivity index (χ2v) is 11.8. The van der Waals surface area contributed by atoms with Gasteiger partial charge in [0.2, 0.25) is 0 Å². The average molecular weight is 545 g/mol. The Morgan fingerprint density at radius 1 is 1.05 bits per heavy atom. The van der Waals surface area contributed by atoms with E-state index in [9.17, 15) is 9.59 Å². The molecule has 1 N–H and O–H groups in total. The standard InChI is InChI=1S/C32H33ClN2O2S/c1-22-7-2-3-9-25(22)17-18-34-31(36)26-15-13-23(14-16-26)20-30-32(37)35(21-24-8-6-10-27(33)19-24)28-11-4-5-12-29(28)38-30/h4-6,8,10-16,19-20,22,25H,2-3,7,9,17-18,21H2,1H3,(H,34,36)/b30-20+/t22-,25+/m1/s1. The topological polar surface area (TPSA) is 49.4 Å². The van der Waals surface area contributed by atoms with Crippen molar-refractivity contribution in [3.05, 3.63) is 99.4 Å². The fraction of sp³-hybridized carbons (Fsp3) is 0.312. The van der Waals surface area contributed by atoms with Crippen LogP contribution in [0.4, 0.5) is 5.69 Å². The van der Waals surface area contributed by atoms with Crippen LogP contribution in [0.5, 0.6) is 0 Å². The molecule has 3 aromatic rings. The monoisotopic (exact) mass is 544 g/mol. The number of thioether (sulfide) groups is 1. The Labute approximate surface area is 234 Å². The third-order valence-corrected chi connectivity index (χ3v) is 8.93. The van der Waals surface area contributed by atoms with Gasteiger partial charge in [0.25, 0.3) is 11.8 Å². The van der Waals surface area contributed by atoms with Gasteiger partial charge in [-0.05, 0) is 71.9 Å². The average Bonchev–Trinajstić information content (AvgIpc) is 2.92. The van der Waals surface area contributed by atoms with Crippen molar-refractivity contribution in [2.45, 2.75) is 50.5 Å². The van der Waals surface area contributed by atoms with Gasteiger partial charge in [-0.25, -0.2) is 0 Å². The summed E-state index contributed by atoms with van der Waals surface area (Å²) < 4.78 is 0. The molecule has 5 rings (SSSR count). The number of rotatable bonds is 7. The molecular weight excluding hydrogens is 512 g/mol. The van der Waals surface area contributed by atoms with Crippen LogP contribution in [0.3, 0.4) is 0 Å². The summed E-state index contributed by atoms with van der Waals surface area (Å²) >= 11 is 7.67. The van der Waals surface area contributed by atoms with E-state index >= 15 is 0 Å². The van der Waals surface area contributed by atoms with E-state index in [1.165, 1.54) is 37.4 Å². The third kappa shape index (κ3) is 6.33. The maximum atomic E-state index is 13.6. The Kier molecular flexibility index (Phi) is 8.55. The fourth-order valence-corrected chi connectivity index (χ4v) is 6.69. The lowest BCUT2D eigenvalue weighted by Gasteiger charge is -2.30. The molecule has 2 atom stereocenters. The minimum absolute atomic E-state index is 0.0441. The van der Waals surface area contributed by atoms with E-state index in [1.807, 2.05) is 78.9 Å². The second-order valence-electron chi connectivity index (χ2n) is 10.3. The van der Waals surface area contributed by atoms with E-state index in [0.29, 0.717) is 34.5 Å². The molecule has 196 valence electrons. The Bertz CT molecular complexity index is 1340. The molecule has 1 fully saturated rings. The highest BCUT2D eigenvalue weighted by molar-refractivity contribution is 8.04. The number of amides is 2. The predicted molar refractivity (Wildman–Crippen MR) is 157 cm³/mol. The first-order chi connectivity index (χ1) is 18.5. The molecule has 0 spiro atoms. The molecule has 6 heteroatoms. The lowest BCUT2D eigenvalue weighted by Crippen LogP contribution is -2.33. The summed E-state index contributed by atoms with van der Waals surface area (Å²) in [5.41, 5.74) is 3.39. The molecule has 0 radical (unpaired) electrons. The van der Waals surface area contributed by atoms with Gasteiger partial charge in [-0.1, -0.05) is 92.4 Å². The molecule has 0 saturated heterocycles. The van der Waals surface area contributed by atoms with E-state index in [4.69, 9.17) is 11.6 Å². The van der Waals surface area contributed by atoms with Crippen molar-refractivity contribution < 1.29 is 9.59 Å². The highest BCUT2D eigenvalue weighted by atomic mass is 35.5. The van der Waals surface area contributed by atoms with Gasteiger partial charge < -0.3 is 10.2 Å². The first kappa shape index (κ1) is 26.6. The number of carbonyl (C=O) groups excluding carboxylic acids is 2. The Hall–Kier alpha value is -3.02. The number of nitrogens with zero attached hydrogens (tertiary/aromatic N) is 1. The van der Waals surface area contributed by atoms with Crippen molar-refractivity contribution in [3.8, 4) is 0 Å². The quantitative estimate of drug-likeness (QED) is 0.307. The van der Waals surface area contributed by atoms with Crippen LogP contribution in [0.15, 0.2) is 82.6 Å². The van der Waals surface area contributed by atoms with Crippen LogP contribution >= 0.6 is 23.4 Å². The number of hydrogen-bond acceptors (Lipinski definition) is 3. The summed E-state index contributed by atoms with van der Waals surface area (Å²) in [5.74, 6) is 1.37. The first-order valence-corrected chi connectivity index (χ1v) is 14.6. The molecule has 1 aliphatic carbocycles. The summed E-state index contributed by atoms with van der Waals surface area (Å²) in [7, 11) is 0. The molecule has 0 unspecified atom stereocenters.